The molecule has 7 nitrogen and oxygen atoms in total. The highest BCUT2D eigenvalue weighted by atomic mass is 32.1. The first kappa shape index (κ1) is 18.0. The molecule has 0 aliphatic carbocycles. The molecule has 0 aliphatic rings. The number of anilines is 1. The quantitative estimate of drug-likeness (QED) is 0.495. The van der Waals surface area contributed by atoms with Crippen LogP contribution in [-0.4, -0.2) is 29.0 Å². The number of fused-ring (bicyclic) bond motifs is 1. The molecule has 0 aliphatic heterocycles. The van der Waals surface area contributed by atoms with Gasteiger partial charge in [-0.1, -0.05) is 12.1 Å². The van der Waals surface area contributed by atoms with Crippen LogP contribution in [-0.2, 0) is 16.0 Å². The van der Waals surface area contributed by atoms with E-state index in [1.165, 1.54) is 18.4 Å². The van der Waals surface area contributed by atoms with Gasteiger partial charge >= 0.3 is 5.97 Å². The van der Waals surface area contributed by atoms with Gasteiger partial charge in [-0.15, -0.1) is 11.3 Å². The molecule has 0 spiro atoms. The molecule has 0 bridgehead atoms. The molecule has 4 rings (SSSR count). The molecule has 0 radical (unpaired) electrons. The second-order valence-corrected chi connectivity index (χ2v) is 7.18. The largest absolute Gasteiger partial charge is 0.464 e. The minimum absolute atomic E-state index is 0.173. The molecule has 3 aromatic heterocycles. The first-order valence-electron chi connectivity index (χ1n) is 8.52. The maximum absolute atomic E-state index is 12.4. The first-order chi connectivity index (χ1) is 13.5. The maximum Gasteiger partial charge on any atom is 0.354 e. The van der Waals surface area contributed by atoms with Crippen molar-refractivity contribution in [2.24, 2.45) is 0 Å². The van der Waals surface area contributed by atoms with Crippen LogP contribution in [0.2, 0.25) is 0 Å². The van der Waals surface area contributed by atoms with Gasteiger partial charge in [-0.25, -0.2) is 9.78 Å². The van der Waals surface area contributed by atoms with Crippen LogP contribution in [0.4, 0.5) is 5.13 Å². The number of furan rings is 1. The number of hydrogen-bond acceptors (Lipinski definition) is 6. The Kier molecular flexibility index (Phi) is 4.70. The molecule has 0 saturated heterocycles. The number of aryl methyl sites for hydroxylation is 1. The van der Waals surface area contributed by atoms with E-state index in [2.05, 4.69) is 20.0 Å². The average molecular weight is 395 g/mol. The Morgan fingerprint density at radius 3 is 3.00 bits per heavy atom. The number of esters is 1. The molecule has 8 heteroatoms. The maximum atomic E-state index is 12.4. The normalized spacial score (nSPS) is 10.9. The fourth-order valence-electron chi connectivity index (χ4n) is 2.90. The second-order valence-electron chi connectivity index (χ2n) is 6.32. The molecule has 1 amide bonds. The van der Waals surface area contributed by atoms with Crippen molar-refractivity contribution in [2.75, 3.05) is 12.4 Å². The summed E-state index contributed by atoms with van der Waals surface area (Å²) >= 11 is 1.32. The number of benzene rings is 1. The zero-order valence-electron chi connectivity index (χ0n) is 15.2. The second kappa shape index (κ2) is 7.32. The van der Waals surface area contributed by atoms with E-state index in [-0.39, 0.29) is 12.3 Å². The molecule has 0 unspecified atom stereocenters. The molecular weight excluding hydrogens is 378 g/mol. The predicted molar refractivity (Wildman–Crippen MR) is 107 cm³/mol. The number of amides is 1. The summed E-state index contributed by atoms with van der Waals surface area (Å²) in [4.78, 5) is 31.2. The average Bonchev–Trinajstić information content (AvgIpc) is 3.41. The number of ether oxygens (including phenoxy) is 1. The van der Waals surface area contributed by atoms with Crippen molar-refractivity contribution in [3.63, 3.8) is 0 Å². The summed E-state index contributed by atoms with van der Waals surface area (Å²) in [6, 6.07) is 7.56. The molecule has 1 aromatic carbocycles. The van der Waals surface area contributed by atoms with E-state index < -0.39 is 5.97 Å². The molecule has 4 aromatic rings. The van der Waals surface area contributed by atoms with Gasteiger partial charge < -0.3 is 19.5 Å². The lowest BCUT2D eigenvalue weighted by atomic mass is 10.1. The number of H-pyrrole nitrogens is 1. The van der Waals surface area contributed by atoms with Gasteiger partial charge in [0.2, 0.25) is 5.91 Å². The Bertz CT molecular complexity index is 1170. The molecule has 0 saturated carbocycles. The number of carbonyl (C=O) groups excluding carboxylic acids is 2. The van der Waals surface area contributed by atoms with Crippen molar-refractivity contribution in [3.8, 4) is 11.3 Å². The number of carbonyl (C=O) groups is 2. The summed E-state index contributed by atoms with van der Waals surface area (Å²) in [6.07, 6.45) is 3.49. The number of methoxy groups -OCH3 is 1. The summed E-state index contributed by atoms with van der Waals surface area (Å²) in [5, 5.41) is 6.05. The molecule has 0 atom stereocenters. The van der Waals surface area contributed by atoms with Crippen molar-refractivity contribution in [1.29, 1.82) is 0 Å². The number of aromatic nitrogens is 2. The highest BCUT2D eigenvalue weighted by Crippen LogP contribution is 2.27. The van der Waals surface area contributed by atoms with E-state index in [9.17, 15) is 9.59 Å². The molecule has 2 N–H and O–H groups in total. The molecular formula is C20H17N3O4S. The van der Waals surface area contributed by atoms with Crippen LogP contribution in [0.1, 0.15) is 21.6 Å². The van der Waals surface area contributed by atoms with Crippen LogP contribution in [0.15, 0.2) is 46.5 Å². The van der Waals surface area contributed by atoms with E-state index >= 15 is 0 Å². The Hall–Kier alpha value is -3.39. The Labute approximate surface area is 164 Å². The molecule has 3 heterocycles. The van der Waals surface area contributed by atoms with E-state index in [1.807, 2.05) is 30.5 Å². The fraction of sp³-hybridized carbons (Fsp3) is 0.150. The third-order valence-electron chi connectivity index (χ3n) is 4.30. The number of hydrogen-bond donors (Lipinski definition) is 2. The number of nitrogens with one attached hydrogen (secondary N) is 2. The topological polar surface area (TPSA) is 97.2 Å². The minimum atomic E-state index is -0.447. The van der Waals surface area contributed by atoms with Crippen LogP contribution >= 0.6 is 11.3 Å². The zero-order valence-corrected chi connectivity index (χ0v) is 16.1. The summed E-state index contributed by atoms with van der Waals surface area (Å²) in [6.45, 7) is 1.99. The van der Waals surface area contributed by atoms with Crippen molar-refractivity contribution in [2.45, 2.75) is 13.3 Å². The monoisotopic (exact) mass is 395 g/mol. The summed E-state index contributed by atoms with van der Waals surface area (Å²) in [5.41, 5.74) is 4.46. The lowest BCUT2D eigenvalue weighted by Crippen LogP contribution is -2.13. The number of thiazole rings is 1. The van der Waals surface area contributed by atoms with Gasteiger partial charge in [0, 0.05) is 28.1 Å². The number of aromatic amines is 1. The lowest BCUT2D eigenvalue weighted by Gasteiger charge is -2.00. The Balaban J connectivity index is 1.45. The molecule has 142 valence electrons. The third-order valence-corrected chi connectivity index (χ3v) is 5.05. The smallest absolute Gasteiger partial charge is 0.354 e. The van der Waals surface area contributed by atoms with Crippen molar-refractivity contribution < 1.29 is 18.7 Å². The van der Waals surface area contributed by atoms with E-state index in [0.29, 0.717) is 16.5 Å². The van der Waals surface area contributed by atoms with Gasteiger partial charge in [0.15, 0.2) is 5.13 Å². The van der Waals surface area contributed by atoms with Crippen LogP contribution in [0.5, 0.6) is 0 Å². The standard InChI is InChI=1S/C20H17N3O4S/c1-11-3-4-14-13(9-27-17(14)5-11)7-18(24)23-20-22-16(10-28-20)12-6-15(21-8-12)19(25)26-2/h3-6,8-10,21H,7H2,1-2H3,(H,22,23,24). The van der Waals surface area contributed by atoms with E-state index in [0.717, 1.165) is 27.7 Å². The Morgan fingerprint density at radius 1 is 1.32 bits per heavy atom. The SMILES string of the molecule is COC(=O)c1cc(-c2csc(NC(=O)Cc3coc4cc(C)ccc34)n2)c[nH]1. The van der Waals surface area contributed by atoms with Crippen LogP contribution in [0, 0.1) is 6.92 Å². The van der Waals surface area contributed by atoms with Crippen LogP contribution < -0.4 is 5.32 Å². The van der Waals surface area contributed by atoms with Crippen molar-refractivity contribution in [3.05, 3.63) is 58.9 Å². The summed E-state index contributed by atoms with van der Waals surface area (Å²) in [7, 11) is 1.32. The van der Waals surface area contributed by atoms with Gasteiger partial charge in [0.25, 0.3) is 0 Å². The van der Waals surface area contributed by atoms with Gasteiger partial charge in [0.1, 0.15) is 11.3 Å². The van der Waals surface area contributed by atoms with Gasteiger partial charge in [-0.3, -0.25) is 4.79 Å². The lowest BCUT2D eigenvalue weighted by molar-refractivity contribution is -0.115. The van der Waals surface area contributed by atoms with Crippen molar-refractivity contribution >= 4 is 39.3 Å². The van der Waals surface area contributed by atoms with Crippen LogP contribution in [0.3, 0.4) is 0 Å². The highest BCUT2D eigenvalue weighted by molar-refractivity contribution is 7.14. The van der Waals surface area contributed by atoms with Gasteiger partial charge in [-0.2, -0.15) is 0 Å². The zero-order chi connectivity index (χ0) is 19.7. The minimum Gasteiger partial charge on any atom is -0.464 e. The summed E-state index contributed by atoms with van der Waals surface area (Å²) in [5.74, 6) is -0.619. The first-order valence-corrected chi connectivity index (χ1v) is 9.40. The van der Waals surface area contributed by atoms with Gasteiger partial charge in [-0.05, 0) is 24.6 Å². The van der Waals surface area contributed by atoms with E-state index in [4.69, 9.17) is 4.42 Å². The van der Waals surface area contributed by atoms with Gasteiger partial charge in [0.05, 0.1) is 25.5 Å². The third kappa shape index (κ3) is 3.54. The van der Waals surface area contributed by atoms with Crippen molar-refractivity contribution in [1.82, 2.24) is 9.97 Å². The molecule has 0 fully saturated rings. The fourth-order valence-corrected chi connectivity index (χ4v) is 3.63. The van der Waals surface area contributed by atoms with E-state index in [1.54, 1.807) is 18.5 Å². The number of rotatable bonds is 5. The predicted octanol–water partition coefficient (Wildman–Crippen LogP) is 4.16. The van der Waals surface area contributed by atoms with Crippen LogP contribution in [0.25, 0.3) is 22.2 Å². The Morgan fingerprint density at radius 2 is 2.18 bits per heavy atom. The molecule has 28 heavy (non-hydrogen) atoms. The number of nitrogens with zero attached hydrogens (tertiary/aromatic N) is 1. The summed E-state index contributed by atoms with van der Waals surface area (Å²) < 4.78 is 10.2. The highest BCUT2D eigenvalue weighted by Gasteiger charge is 2.14.